The number of amides is 2. The van der Waals surface area contributed by atoms with E-state index >= 15 is 0 Å². The van der Waals surface area contributed by atoms with Crippen molar-refractivity contribution in [3.63, 3.8) is 0 Å². The van der Waals surface area contributed by atoms with E-state index in [9.17, 15) is 34.5 Å². The highest BCUT2D eigenvalue weighted by Crippen LogP contribution is 2.28. The van der Waals surface area contributed by atoms with Gasteiger partial charge in [0.15, 0.2) is 0 Å². The van der Waals surface area contributed by atoms with Crippen molar-refractivity contribution in [2.24, 2.45) is 17.3 Å². The maximum Gasteiger partial charge on any atom is 0.309 e. The number of rotatable bonds is 24. The average molecular weight is 661 g/mol. The van der Waals surface area contributed by atoms with Gasteiger partial charge in [-0.05, 0) is 44.9 Å². The van der Waals surface area contributed by atoms with Gasteiger partial charge in [0.05, 0.1) is 43.9 Å². The molecule has 0 heterocycles. The third-order valence-electron chi connectivity index (χ3n) is 6.22. The number of carbonyl (C=O) groups excluding carboxylic acids is 4. The van der Waals surface area contributed by atoms with E-state index in [1.807, 2.05) is 34.6 Å². The van der Waals surface area contributed by atoms with Gasteiger partial charge < -0.3 is 44.1 Å². The van der Waals surface area contributed by atoms with Crippen molar-refractivity contribution in [3.8, 4) is 0 Å². The zero-order valence-electron chi connectivity index (χ0n) is 29.3. The average Bonchev–Trinajstić information content (AvgIpc) is 2.89. The molecule has 2 amide bonds. The highest BCUT2D eigenvalue weighted by atomic mass is 16.6. The van der Waals surface area contributed by atoms with Crippen LogP contribution in [-0.2, 0) is 38.1 Å². The molecule has 0 rings (SSSR count). The number of ether oxygens (including phenoxy) is 4. The van der Waals surface area contributed by atoms with Gasteiger partial charge in [-0.1, -0.05) is 46.8 Å². The summed E-state index contributed by atoms with van der Waals surface area (Å²) in [4.78, 5) is 53.3. The molecular weight excluding hydrogens is 600 g/mol. The summed E-state index contributed by atoms with van der Waals surface area (Å²) in [7, 11) is 0. The number of esters is 2. The second-order valence-corrected chi connectivity index (χ2v) is 13.6. The third kappa shape index (κ3) is 22.8. The van der Waals surface area contributed by atoms with Crippen LogP contribution in [0.2, 0.25) is 0 Å². The minimum atomic E-state index is -0.839. The zero-order valence-corrected chi connectivity index (χ0v) is 29.3. The molecule has 0 saturated heterocycles. The van der Waals surface area contributed by atoms with Crippen LogP contribution in [0.3, 0.4) is 0 Å². The topological polar surface area (TPSA) is 172 Å². The Hall–Kier alpha value is -2.58. The summed E-state index contributed by atoms with van der Waals surface area (Å²) in [5.41, 5.74) is 0.714. The standard InChI is InChI=1S/C33H60N2O11/c1-23(2)17-34(18-25(4)36)29(39)21-44-11-13-46-32(42)28(14-24(3)16-33(7,8)9)15-31(41)45-12-10-43-22-30(40)35(19-26(5)37)20-27(6)38/h23,25-28,36-38H,3,10-22H2,1-2,4-9H3. The second kappa shape index (κ2) is 22.9. The molecule has 0 aromatic heterocycles. The van der Waals surface area contributed by atoms with Gasteiger partial charge in [0.1, 0.15) is 26.4 Å². The summed E-state index contributed by atoms with van der Waals surface area (Å²) in [6, 6.07) is 0. The Morgan fingerprint density at radius 1 is 0.674 bits per heavy atom. The lowest BCUT2D eigenvalue weighted by Gasteiger charge is -2.25. The van der Waals surface area contributed by atoms with Gasteiger partial charge in [-0.2, -0.15) is 0 Å². The first-order valence-electron chi connectivity index (χ1n) is 16.0. The van der Waals surface area contributed by atoms with Gasteiger partial charge in [-0.25, -0.2) is 0 Å². The summed E-state index contributed by atoms with van der Waals surface area (Å²) >= 11 is 0. The van der Waals surface area contributed by atoms with E-state index < -0.39 is 42.1 Å². The smallest absolute Gasteiger partial charge is 0.309 e. The van der Waals surface area contributed by atoms with E-state index in [1.54, 1.807) is 6.92 Å². The Morgan fingerprint density at radius 2 is 1.11 bits per heavy atom. The molecule has 4 unspecified atom stereocenters. The van der Waals surface area contributed by atoms with E-state index in [0.29, 0.717) is 13.0 Å². The predicted molar refractivity (Wildman–Crippen MR) is 173 cm³/mol. The minimum Gasteiger partial charge on any atom is -0.463 e. The number of aliphatic hydroxyl groups is 3. The Morgan fingerprint density at radius 3 is 1.52 bits per heavy atom. The van der Waals surface area contributed by atoms with Gasteiger partial charge in [-0.3, -0.25) is 19.2 Å². The molecule has 0 aromatic rings. The third-order valence-corrected chi connectivity index (χ3v) is 6.22. The minimum absolute atomic E-state index is 0.0241. The van der Waals surface area contributed by atoms with Crippen LogP contribution in [0.1, 0.15) is 74.7 Å². The van der Waals surface area contributed by atoms with Crippen molar-refractivity contribution in [2.75, 3.05) is 65.8 Å². The van der Waals surface area contributed by atoms with Crippen molar-refractivity contribution in [2.45, 2.75) is 93.0 Å². The van der Waals surface area contributed by atoms with Crippen LogP contribution < -0.4 is 0 Å². The normalized spacial score (nSPS) is 14.3. The lowest BCUT2D eigenvalue weighted by molar-refractivity contribution is -0.157. The number of hydrogen-bond donors (Lipinski definition) is 3. The Kier molecular flexibility index (Phi) is 21.6. The van der Waals surface area contributed by atoms with Gasteiger partial charge >= 0.3 is 11.9 Å². The monoisotopic (exact) mass is 660 g/mol. The van der Waals surface area contributed by atoms with Crippen molar-refractivity contribution < 1.29 is 53.4 Å². The van der Waals surface area contributed by atoms with Crippen LogP contribution in [0, 0.1) is 17.3 Å². The molecule has 0 aliphatic rings. The quantitative estimate of drug-likeness (QED) is 0.0785. The molecular formula is C33H60N2O11. The van der Waals surface area contributed by atoms with Crippen molar-refractivity contribution in [1.29, 1.82) is 0 Å². The first-order valence-corrected chi connectivity index (χ1v) is 16.0. The molecule has 0 aromatic carbocycles. The van der Waals surface area contributed by atoms with E-state index in [1.165, 1.54) is 23.6 Å². The van der Waals surface area contributed by atoms with Gasteiger partial charge in [0.25, 0.3) is 0 Å². The fourth-order valence-corrected chi connectivity index (χ4v) is 4.66. The molecule has 3 N–H and O–H groups in total. The molecule has 0 radical (unpaired) electrons. The molecule has 0 aliphatic heterocycles. The molecule has 4 atom stereocenters. The molecule has 268 valence electrons. The Bertz CT molecular complexity index is 909. The van der Waals surface area contributed by atoms with Crippen molar-refractivity contribution in [1.82, 2.24) is 9.80 Å². The number of hydrogen-bond acceptors (Lipinski definition) is 11. The molecule has 0 spiro atoms. The molecule has 13 nitrogen and oxygen atoms in total. The summed E-state index contributed by atoms with van der Waals surface area (Å²) in [6.07, 6.45) is -1.60. The molecule has 13 heteroatoms. The molecule has 0 saturated carbocycles. The summed E-state index contributed by atoms with van der Waals surface area (Å²) in [5, 5.41) is 28.9. The largest absolute Gasteiger partial charge is 0.463 e. The highest BCUT2D eigenvalue weighted by molar-refractivity contribution is 5.80. The first kappa shape index (κ1) is 43.4. The van der Waals surface area contributed by atoms with Crippen molar-refractivity contribution in [3.05, 3.63) is 12.2 Å². The zero-order chi connectivity index (χ0) is 35.4. The van der Waals surface area contributed by atoms with E-state index in [4.69, 9.17) is 18.9 Å². The van der Waals surface area contributed by atoms with Crippen LogP contribution in [0.25, 0.3) is 0 Å². The first-order chi connectivity index (χ1) is 21.3. The van der Waals surface area contributed by atoms with Crippen LogP contribution >= 0.6 is 0 Å². The SMILES string of the molecule is C=C(CC(CC(=O)OCCOCC(=O)N(CC(C)O)CC(C)O)C(=O)OCCOCC(=O)N(CC(C)C)CC(C)O)CC(C)(C)C. The predicted octanol–water partition coefficient (Wildman–Crippen LogP) is 1.95. The van der Waals surface area contributed by atoms with Crippen LogP contribution in [0.5, 0.6) is 0 Å². The number of nitrogens with zero attached hydrogens (tertiary/aromatic N) is 2. The fourth-order valence-electron chi connectivity index (χ4n) is 4.66. The summed E-state index contributed by atoms with van der Waals surface area (Å²) < 4.78 is 21.3. The second-order valence-electron chi connectivity index (χ2n) is 13.6. The lowest BCUT2D eigenvalue weighted by Crippen LogP contribution is -2.42. The van der Waals surface area contributed by atoms with Crippen molar-refractivity contribution >= 4 is 23.8 Å². The molecule has 0 fully saturated rings. The van der Waals surface area contributed by atoms with E-state index in [2.05, 4.69) is 6.58 Å². The highest BCUT2D eigenvalue weighted by Gasteiger charge is 2.27. The Balaban J connectivity index is 4.90. The van der Waals surface area contributed by atoms with Gasteiger partial charge in [-0.15, -0.1) is 0 Å². The van der Waals surface area contributed by atoms with Gasteiger partial charge in [0.2, 0.25) is 11.8 Å². The Labute approximate surface area is 275 Å². The van der Waals surface area contributed by atoms with E-state index in [-0.39, 0.29) is 89.4 Å². The molecule has 0 bridgehead atoms. The fraction of sp³-hybridized carbons (Fsp3) is 0.818. The number of aliphatic hydroxyl groups excluding tert-OH is 3. The number of carbonyl (C=O) groups is 4. The van der Waals surface area contributed by atoms with Gasteiger partial charge in [0, 0.05) is 26.2 Å². The maximum absolute atomic E-state index is 13.0. The van der Waals surface area contributed by atoms with E-state index in [0.717, 1.165) is 5.57 Å². The molecule has 46 heavy (non-hydrogen) atoms. The number of allylic oxidation sites excluding steroid dienone is 1. The van der Waals surface area contributed by atoms with Crippen LogP contribution in [0.4, 0.5) is 0 Å². The summed E-state index contributed by atoms with van der Waals surface area (Å²) in [5.74, 6) is -2.57. The molecule has 0 aliphatic carbocycles. The lowest BCUT2D eigenvalue weighted by atomic mass is 9.84. The summed E-state index contributed by atoms with van der Waals surface area (Å²) in [6.45, 7) is 18.7. The maximum atomic E-state index is 13.0. The van der Waals surface area contributed by atoms with Crippen LogP contribution in [0.15, 0.2) is 12.2 Å². The van der Waals surface area contributed by atoms with Crippen LogP contribution in [-0.4, -0.2) is 133 Å².